The van der Waals surface area contributed by atoms with Crippen LogP contribution in [0.5, 0.6) is 0 Å². The Morgan fingerprint density at radius 1 is 1.33 bits per heavy atom. The van der Waals surface area contributed by atoms with Crippen molar-refractivity contribution in [1.29, 1.82) is 0 Å². The maximum Gasteiger partial charge on any atom is 0.255 e. The van der Waals surface area contributed by atoms with Gasteiger partial charge in [0.15, 0.2) is 16.1 Å². The van der Waals surface area contributed by atoms with Crippen molar-refractivity contribution in [3.8, 4) is 0 Å². The highest BCUT2D eigenvalue weighted by molar-refractivity contribution is 6.34. The fourth-order valence-electron chi connectivity index (χ4n) is 2.34. The summed E-state index contributed by atoms with van der Waals surface area (Å²) in [4.78, 5) is 12.2. The lowest BCUT2D eigenvalue weighted by atomic mass is 10.2. The quantitative estimate of drug-likeness (QED) is 0.929. The van der Waals surface area contributed by atoms with Gasteiger partial charge in [-0.1, -0.05) is 23.2 Å². The number of fused-ring (bicyclic) bond motifs is 1. The zero-order valence-corrected chi connectivity index (χ0v) is 12.7. The monoisotopic (exact) mass is 326 g/mol. The minimum atomic E-state index is -0.375. The summed E-state index contributed by atoms with van der Waals surface area (Å²) in [6.07, 6.45) is 1.97. The lowest BCUT2D eigenvalue weighted by Gasteiger charge is -2.14. The molecular formula is C12H12Cl2N6O. The van der Waals surface area contributed by atoms with Gasteiger partial charge >= 0.3 is 0 Å². The van der Waals surface area contributed by atoms with E-state index in [1.54, 1.807) is 0 Å². The number of halogens is 2. The molecule has 0 aromatic carbocycles. The molecule has 110 valence electrons. The van der Waals surface area contributed by atoms with E-state index in [0.717, 1.165) is 31.0 Å². The predicted molar refractivity (Wildman–Crippen MR) is 76.3 cm³/mol. The van der Waals surface area contributed by atoms with Crippen LogP contribution in [0.2, 0.25) is 10.3 Å². The summed E-state index contributed by atoms with van der Waals surface area (Å²) in [5, 5.41) is 18.4. The van der Waals surface area contributed by atoms with Gasteiger partial charge in [-0.15, -0.1) is 20.4 Å². The van der Waals surface area contributed by atoms with Gasteiger partial charge in [-0.05, 0) is 19.4 Å². The molecule has 7 nitrogen and oxygen atoms in total. The van der Waals surface area contributed by atoms with Crippen LogP contribution in [-0.2, 0) is 13.0 Å². The van der Waals surface area contributed by atoms with Crippen molar-refractivity contribution in [2.75, 3.05) is 0 Å². The lowest BCUT2D eigenvalue weighted by Crippen LogP contribution is -2.29. The minimum absolute atomic E-state index is 0.00979. The smallest absolute Gasteiger partial charge is 0.255 e. The first-order valence-electron chi connectivity index (χ1n) is 6.48. The van der Waals surface area contributed by atoms with Crippen LogP contribution in [0, 0.1) is 0 Å². The largest absolute Gasteiger partial charge is 0.342 e. The number of aryl methyl sites for hydroxylation is 1. The summed E-state index contributed by atoms with van der Waals surface area (Å²) < 4.78 is 2.03. The third kappa shape index (κ3) is 2.71. The van der Waals surface area contributed by atoms with Crippen molar-refractivity contribution in [1.82, 2.24) is 30.3 Å². The number of nitrogens with zero attached hydrogens (tertiary/aromatic N) is 5. The van der Waals surface area contributed by atoms with Crippen molar-refractivity contribution < 1.29 is 4.79 Å². The van der Waals surface area contributed by atoms with E-state index in [0.29, 0.717) is 0 Å². The fraction of sp³-hybridized carbons (Fsp3) is 0.417. The van der Waals surface area contributed by atoms with E-state index in [2.05, 4.69) is 25.7 Å². The Balaban J connectivity index is 1.79. The minimum Gasteiger partial charge on any atom is -0.342 e. The third-order valence-corrected chi connectivity index (χ3v) is 3.80. The Bertz CT molecular complexity index is 701. The number of carbonyl (C=O) groups is 1. The molecule has 1 aliphatic rings. The van der Waals surface area contributed by atoms with Crippen molar-refractivity contribution in [2.45, 2.75) is 32.4 Å². The first kappa shape index (κ1) is 14.2. The van der Waals surface area contributed by atoms with Gasteiger partial charge in [0.1, 0.15) is 5.82 Å². The molecule has 21 heavy (non-hydrogen) atoms. The summed E-state index contributed by atoms with van der Waals surface area (Å²) >= 11 is 11.6. The predicted octanol–water partition coefficient (Wildman–Crippen LogP) is 1.81. The maximum absolute atomic E-state index is 12.2. The Kier molecular flexibility index (Phi) is 3.77. The second-order valence-corrected chi connectivity index (χ2v) is 5.54. The highest BCUT2D eigenvalue weighted by Crippen LogP contribution is 2.20. The first-order valence-corrected chi connectivity index (χ1v) is 7.23. The second-order valence-electron chi connectivity index (χ2n) is 4.80. The lowest BCUT2D eigenvalue weighted by molar-refractivity contribution is 0.0937. The number of hydrogen-bond donors (Lipinski definition) is 1. The molecule has 0 radical (unpaired) electrons. The molecular weight excluding hydrogens is 315 g/mol. The molecule has 1 unspecified atom stereocenters. The maximum atomic E-state index is 12.2. The normalized spacial score (nSPS) is 14.8. The van der Waals surface area contributed by atoms with Crippen LogP contribution in [0.1, 0.15) is 41.4 Å². The van der Waals surface area contributed by atoms with Gasteiger partial charge in [-0.25, -0.2) is 0 Å². The summed E-state index contributed by atoms with van der Waals surface area (Å²) in [6.45, 7) is 2.72. The topological polar surface area (TPSA) is 85.6 Å². The standard InChI is InChI=1S/C12H12Cl2N6O/c1-6(11-19-17-9-3-2-4-20(9)11)15-12(21)7-5-8(13)16-18-10(7)14/h5-6H,2-4H2,1H3,(H,15,21). The summed E-state index contributed by atoms with van der Waals surface area (Å²) in [5.41, 5.74) is 0.185. The van der Waals surface area contributed by atoms with Crippen molar-refractivity contribution in [2.24, 2.45) is 0 Å². The SMILES string of the molecule is CC(NC(=O)c1cc(Cl)nnc1Cl)c1nnc2n1CCC2. The molecule has 0 saturated carbocycles. The van der Waals surface area contributed by atoms with Gasteiger partial charge in [0, 0.05) is 13.0 Å². The summed E-state index contributed by atoms with van der Waals surface area (Å²) in [6, 6.07) is 1.09. The summed E-state index contributed by atoms with van der Waals surface area (Å²) in [7, 11) is 0. The molecule has 0 bridgehead atoms. The number of hydrogen-bond acceptors (Lipinski definition) is 5. The molecule has 1 aliphatic heterocycles. The van der Waals surface area contributed by atoms with E-state index < -0.39 is 0 Å². The fourth-order valence-corrected chi connectivity index (χ4v) is 2.67. The molecule has 9 heteroatoms. The Morgan fingerprint density at radius 3 is 2.95 bits per heavy atom. The van der Waals surface area contributed by atoms with Crippen LogP contribution in [0.15, 0.2) is 6.07 Å². The van der Waals surface area contributed by atoms with Crippen LogP contribution in [0.25, 0.3) is 0 Å². The zero-order chi connectivity index (χ0) is 15.0. The molecule has 1 atom stereocenters. The molecule has 0 spiro atoms. The van der Waals surface area contributed by atoms with Gasteiger partial charge in [-0.2, -0.15) is 0 Å². The van der Waals surface area contributed by atoms with Gasteiger partial charge in [-0.3, -0.25) is 4.79 Å². The first-order chi connectivity index (χ1) is 10.1. The van der Waals surface area contributed by atoms with E-state index in [1.165, 1.54) is 6.07 Å². The highest BCUT2D eigenvalue weighted by atomic mass is 35.5. The van der Waals surface area contributed by atoms with Crippen molar-refractivity contribution in [3.05, 3.63) is 33.6 Å². The second kappa shape index (κ2) is 5.57. The molecule has 1 amide bonds. The van der Waals surface area contributed by atoms with E-state index >= 15 is 0 Å². The molecule has 0 saturated heterocycles. The number of carbonyl (C=O) groups excluding carboxylic acids is 1. The van der Waals surface area contributed by atoms with E-state index in [-0.39, 0.29) is 27.8 Å². The molecule has 0 fully saturated rings. The Hall–Kier alpha value is -1.73. The Labute approximate surface area is 130 Å². The van der Waals surface area contributed by atoms with Gasteiger partial charge in [0.2, 0.25) is 0 Å². The average Bonchev–Trinajstić information content (AvgIpc) is 3.03. The van der Waals surface area contributed by atoms with Crippen LogP contribution < -0.4 is 5.32 Å². The Morgan fingerprint density at radius 2 is 2.14 bits per heavy atom. The van der Waals surface area contributed by atoms with E-state index in [1.807, 2.05) is 11.5 Å². The average molecular weight is 327 g/mol. The van der Waals surface area contributed by atoms with Gasteiger partial charge < -0.3 is 9.88 Å². The summed E-state index contributed by atoms with van der Waals surface area (Å²) in [5.74, 6) is 1.32. The highest BCUT2D eigenvalue weighted by Gasteiger charge is 2.23. The van der Waals surface area contributed by atoms with E-state index in [4.69, 9.17) is 23.2 Å². The molecule has 3 rings (SSSR count). The van der Waals surface area contributed by atoms with Crippen LogP contribution in [0.3, 0.4) is 0 Å². The van der Waals surface area contributed by atoms with Crippen molar-refractivity contribution >= 4 is 29.1 Å². The number of aromatic nitrogens is 5. The van der Waals surface area contributed by atoms with Crippen LogP contribution in [0.4, 0.5) is 0 Å². The molecule has 2 aromatic rings. The number of amides is 1. The van der Waals surface area contributed by atoms with Gasteiger partial charge in [0.25, 0.3) is 5.91 Å². The number of nitrogens with one attached hydrogen (secondary N) is 1. The van der Waals surface area contributed by atoms with Crippen LogP contribution in [-0.4, -0.2) is 30.9 Å². The third-order valence-electron chi connectivity index (χ3n) is 3.34. The number of rotatable bonds is 3. The van der Waals surface area contributed by atoms with Crippen LogP contribution >= 0.6 is 23.2 Å². The van der Waals surface area contributed by atoms with E-state index in [9.17, 15) is 4.79 Å². The molecule has 1 N–H and O–H groups in total. The van der Waals surface area contributed by atoms with Gasteiger partial charge in [0.05, 0.1) is 11.6 Å². The van der Waals surface area contributed by atoms with Crippen molar-refractivity contribution in [3.63, 3.8) is 0 Å². The molecule has 2 aromatic heterocycles. The molecule has 3 heterocycles. The zero-order valence-electron chi connectivity index (χ0n) is 11.2. The molecule has 0 aliphatic carbocycles.